The third kappa shape index (κ3) is 3.92. The molecule has 4 rings (SSSR count). The number of benzene rings is 1. The summed E-state index contributed by atoms with van der Waals surface area (Å²) in [7, 11) is 0. The lowest BCUT2D eigenvalue weighted by Gasteiger charge is -2.59. The standard InChI is InChI=1S/C27H34O5/c1-18-9-12-22-26(2,21(18)11-10-20-14-16-31-24(20)29)15-13-23(28)27(22,3)25(30)32-17-19-7-5-4-6-8-19/h4-8,14,21-23,28H,1,9-13,15-17H2,2-3H3/t21-,22+,23-,26+,27+/m1/s1. The maximum absolute atomic E-state index is 13.4. The maximum Gasteiger partial charge on any atom is 0.334 e. The van der Waals surface area contributed by atoms with Gasteiger partial charge in [-0.3, -0.25) is 4.79 Å². The lowest BCUT2D eigenvalue weighted by Crippen LogP contribution is -2.59. The van der Waals surface area contributed by atoms with Crippen molar-refractivity contribution in [1.29, 1.82) is 0 Å². The third-order valence-electron chi connectivity index (χ3n) is 8.37. The summed E-state index contributed by atoms with van der Waals surface area (Å²) in [5.74, 6) is -0.369. The number of carbonyl (C=O) groups is 2. The SMILES string of the molecule is C=C1CC[C@H]2[C@@](C)(CC[C@@H](O)[C@@]2(C)C(=O)OCc2ccccc2)[C@@H]1CCC1=CCOC1=O. The predicted octanol–water partition coefficient (Wildman–Crippen LogP) is 4.74. The largest absolute Gasteiger partial charge is 0.460 e. The number of aliphatic hydroxyl groups excluding tert-OH is 1. The van der Waals surface area contributed by atoms with Gasteiger partial charge in [0, 0.05) is 5.57 Å². The molecule has 2 aliphatic carbocycles. The Balaban J connectivity index is 1.54. The van der Waals surface area contributed by atoms with Gasteiger partial charge in [-0.05, 0) is 74.3 Å². The highest BCUT2D eigenvalue weighted by molar-refractivity contribution is 5.90. The quantitative estimate of drug-likeness (QED) is 0.513. The van der Waals surface area contributed by atoms with E-state index >= 15 is 0 Å². The fourth-order valence-corrected chi connectivity index (χ4v) is 6.44. The van der Waals surface area contributed by atoms with E-state index in [0.717, 1.165) is 36.8 Å². The Morgan fingerprint density at radius 2 is 2.00 bits per heavy atom. The van der Waals surface area contributed by atoms with Crippen LogP contribution in [0.1, 0.15) is 57.9 Å². The number of allylic oxidation sites excluding steroid dienone is 1. The number of esters is 2. The third-order valence-corrected chi connectivity index (χ3v) is 8.37. The summed E-state index contributed by atoms with van der Waals surface area (Å²) in [6, 6.07) is 9.63. The fraction of sp³-hybridized carbons (Fsp3) is 0.556. The first-order valence-electron chi connectivity index (χ1n) is 11.7. The highest BCUT2D eigenvalue weighted by Gasteiger charge is 2.61. The van der Waals surface area contributed by atoms with Crippen molar-refractivity contribution in [2.75, 3.05) is 6.61 Å². The summed E-state index contributed by atoms with van der Waals surface area (Å²) in [5.41, 5.74) is 1.71. The van der Waals surface area contributed by atoms with Gasteiger partial charge in [-0.1, -0.05) is 49.4 Å². The Morgan fingerprint density at radius 3 is 2.69 bits per heavy atom. The van der Waals surface area contributed by atoms with Crippen molar-refractivity contribution < 1.29 is 24.2 Å². The Morgan fingerprint density at radius 1 is 1.25 bits per heavy atom. The number of hydrogen-bond donors (Lipinski definition) is 1. The lowest BCUT2D eigenvalue weighted by atomic mass is 9.46. The van der Waals surface area contributed by atoms with Crippen molar-refractivity contribution in [1.82, 2.24) is 0 Å². The number of fused-ring (bicyclic) bond motifs is 1. The molecule has 0 unspecified atom stereocenters. The van der Waals surface area contributed by atoms with Gasteiger partial charge in [-0.2, -0.15) is 0 Å². The van der Waals surface area contributed by atoms with Crippen LogP contribution in [0.4, 0.5) is 0 Å². The first kappa shape index (κ1) is 22.8. The van der Waals surface area contributed by atoms with Crippen LogP contribution in [0.15, 0.2) is 54.1 Å². The number of cyclic esters (lactones) is 1. The van der Waals surface area contributed by atoms with Crippen molar-refractivity contribution >= 4 is 11.9 Å². The minimum atomic E-state index is -0.966. The van der Waals surface area contributed by atoms with Crippen molar-refractivity contribution in [3.05, 3.63) is 59.7 Å². The summed E-state index contributed by atoms with van der Waals surface area (Å²) >= 11 is 0. The second-order valence-electron chi connectivity index (χ2n) is 10.1. The van der Waals surface area contributed by atoms with E-state index < -0.39 is 11.5 Å². The molecule has 0 spiro atoms. The normalized spacial score (nSPS) is 34.5. The molecular weight excluding hydrogens is 404 g/mol. The van der Waals surface area contributed by atoms with Crippen LogP contribution >= 0.6 is 0 Å². The Hall–Kier alpha value is -2.40. The van der Waals surface area contributed by atoms with E-state index in [9.17, 15) is 14.7 Å². The van der Waals surface area contributed by atoms with Crippen LogP contribution in [0.2, 0.25) is 0 Å². The van der Waals surface area contributed by atoms with E-state index in [1.807, 2.05) is 43.3 Å². The van der Waals surface area contributed by atoms with Crippen LogP contribution in [-0.2, 0) is 25.7 Å². The van der Waals surface area contributed by atoms with Gasteiger partial charge in [0.15, 0.2) is 0 Å². The second-order valence-corrected chi connectivity index (χ2v) is 10.1. The zero-order chi connectivity index (χ0) is 22.9. The van der Waals surface area contributed by atoms with Crippen molar-refractivity contribution in [3.63, 3.8) is 0 Å². The van der Waals surface area contributed by atoms with Crippen LogP contribution in [-0.4, -0.2) is 29.8 Å². The smallest absolute Gasteiger partial charge is 0.334 e. The number of hydrogen-bond acceptors (Lipinski definition) is 5. The molecule has 0 radical (unpaired) electrons. The molecule has 0 amide bonds. The Bertz CT molecular complexity index is 919. The predicted molar refractivity (Wildman–Crippen MR) is 121 cm³/mol. The molecule has 172 valence electrons. The molecule has 32 heavy (non-hydrogen) atoms. The van der Waals surface area contributed by atoms with Gasteiger partial charge in [0.1, 0.15) is 13.2 Å². The average molecular weight is 439 g/mol. The van der Waals surface area contributed by atoms with Crippen LogP contribution in [0.25, 0.3) is 0 Å². The fourth-order valence-electron chi connectivity index (χ4n) is 6.44. The van der Waals surface area contributed by atoms with E-state index in [4.69, 9.17) is 9.47 Å². The first-order chi connectivity index (χ1) is 15.3. The van der Waals surface area contributed by atoms with Gasteiger partial charge >= 0.3 is 11.9 Å². The van der Waals surface area contributed by atoms with E-state index in [1.54, 1.807) is 0 Å². The number of rotatable bonds is 6. The lowest BCUT2D eigenvalue weighted by molar-refractivity contribution is -0.190. The highest BCUT2D eigenvalue weighted by atomic mass is 16.5. The van der Waals surface area contributed by atoms with Crippen LogP contribution < -0.4 is 0 Å². The minimum Gasteiger partial charge on any atom is -0.460 e. The Labute approximate surface area is 190 Å². The monoisotopic (exact) mass is 438 g/mol. The molecule has 1 aromatic carbocycles. The zero-order valence-corrected chi connectivity index (χ0v) is 19.1. The van der Waals surface area contributed by atoms with Gasteiger partial charge < -0.3 is 14.6 Å². The summed E-state index contributed by atoms with van der Waals surface area (Å²) in [6.07, 6.45) is 5.60. The summed E-state index contributed by atoms with van der Waals surface area (Å²) in [4.78, 5) is 25.3. The molecule has 0 bridgehead atoms. The number of aliphatic hydroxyl groups is 1. The number of carbonyl (C=O) groups excluding carboxylic acids is 2. The topological polar surface area (TPSA) is 72.8 Å². The molecule has 2 fully saturated rings. The molecule has 1 aliphatic heterocycles. The second kappa shape index (κ2) is 8.86. The zero-order valence-electron chi connectivity index (χ0n) is 19.1. The first-order valence-corrected chi connectivity index (χ1v) is 11.7. The van der Waals surface area contributed by atoms with Crippen molar-refractivity contribution in [2.45, 2.75) is 65.1 Å². The Kier molecular flexibility index (Phi) is 6.30. The minimum absolute atomic E-state index is 0.0120. The molecule has 3 aliphatic rings. The van der Waals surface area contributed by atoms with Gasteiger partial charge in [0.05, 0.1) is 11.5 Å². The van der Waals surface area contributed by atoms with E-state index in [2.05, 4.69) is 13.5 Å². The summed E-state index contributed by atoms with van der Waals surface area (Å²) < 4.78 is 10.8. The van der Waals surface area contributed by atoms with Gasteiger partial charge in [-0.25, -0.2) is 4.79 Å². The van der Waals surface area contributed by atoms with Crippen LogP contribution in [0, 0.1) is 22.7 Å². The molecule has 2 saturated carbocycles. The maximum atomic E-state index is 13.4. The van der Waals surface area contributed by atoms with Crippen molar-refractivity contribution in [3.8, 4) is 0 Å². The molecule has 1 N–H and O–H groups in total. The van der Waals surface area contributed by atoms with Gasteiger partial charge in [0.2, 0.25) is 0 Å². The van der Waals surface area contributed by atoms with Gasteiger partial charge in [-0.15, -0.1) is 0 Å². The molecule has 0 aromatic heterocycles. The molecule has 5 atom stereocenters. The van der Waals surface area contributed by atoms with Crippen LogP contribution in [0.3, 0.4) is 0 Å². The summed E-state index contributed by atoms with van der Waals surface area (Å²) in [5, 5.41) is 11.0. The average Bonchev–Trinajstić information content (AvgIpc) is 3.19. The molecule has 1 aromatic rings. The molecule has 0 saturated heterocycles. The van der Waals surface area contributed by atoms with E-state index in [1.165, 1.54) is 5.57 Å². The molecule has 5 heteroatoms. The van der Waals surface area contributed by atoms with Gasteiger partial charge in [0.25, 0.3) is 0 Å². The number of ether oxygens (including phenoxy) is 2. The molecule has 1 heterocycles. The van der Waals surface area contributed by atoms with Crippen LogP contribution in [0.5, 0.6) is 0 Å². The van der Waals surface area contributed by atoms with E-state index in [-0.39, 0.29) is 35.8 Å². The molecular formula is C27H34O5. The molecule has 5 nitrogen and oxygen atoms in total. The highest BCUT2D eigenvalue weighted by Crippen LogP contribution is 2.62. The van der Waals surface area contributed by atoms with E-state index in [0.29, 0.717) is 19.4 Å². The van der Waals surface area contributed by atoms with Crippen molar-refractivity contribution in [2.24, 2.45) is 22.7 Å². The summed E-state index contributed by atoms with van der Waals surface area (Å²) in [6.45, 7) is 9.06.